The van der Waals surface area contributed by atoms with E-state index < -0.39 is 0 Å². The highest BCUT2D eigenvalue weighted by molar-refractivity contribution is 6.04. The molecule has 2 heterocycles. The topological polar surface area (TPSA) is 81.9 Å². The summed E-state index contributed by atoms with van der Waals surface area (Å²) in [7, 11) is 0. The van der Waals surface area contributed by atoms with Gasteiger partial charge in [0.1, 0.15) is 23.7 Å². The van der Waals surface area contributed by atoms with Crippen LogP contribution in [0.25, 0.3) is 5.82 Å². The van der Waals surface area contributed by atoms with E-state index in [2.05, 4.69) is 41.0 Å². The summed E-state index contributed by atoms with van der Waals surface area (Å²) in [5.74, 6) is 2.14. The number of aryl methyl sites for hydroxylation is 1. The number of anilines is 1. The Morgan fingerprint density at radius 3 is 2.34 bits per heavy atom. The lowest BCUT2D eigenvalue weighted by Gasteiger charge is -2.19. The Morgan fingerprint density at radius 2 is 1.72 bits per heavy atom. The summed E-state index contributed by atoms with van der Waals surface area (Å²) < 4.78 is 7.68. The summed E-state index contributed by atoms with van der Waals surface area (Å²) in [5.41, 5.74) is 2.53. The van der Waals surface area contributed by atoms with Crippen LogP contribution in [0.2, 0.25) is 0 Å². The third-order valence-electron chi connectivity index (χ3n) is 4.92. The van der Waals surface area contributed by atoms with Crippen molar-refractivity contribution in [3.05, 3.63) is 90.3 Å². The molecule has 0 fully saturated rings. The number of nitrogens with one attached hydrogen (secondary N) is 1. The maximum atomic E-state index is 12.6. The molecule has 7 nitrogen and oxygen atoms in total. The molecular formula is C25H25N5O2. The molecule has 1 amide bonds. The quantitative estimate of drug-likeness (QED) is 0.467. The fourth-order valence-corrected chi connectivity index (χ4v) is 3.16. The van der Waals surface area contributed by atoms with Gasteiger partial charge in [-0.25, -0.2) is 9.97 Å². The molecule has 4 aromatic rings. The minimum atomic E-state index is -0.157. The normalized spacial score (nSPS) is 11.2. The predicted octanol–water partition coefficient (Wildman–Crippen LogP) is 5.31. The van der Waals surface area contributed by atoms with E-state index in [1.165, 1.54) is 5.56 Å². The molecule has 32 heavy (non-hydrogen) atoms. The molecule has 0 aliphatic heterocycles. The molecule has 0 saturated carbocycles. The van der Waals surface area contributed by atoms with Crippen LogP contribution in [-0.2, 0) is 5.41 Å². The fourth-order valence-electron chi connectivity index (χ4n) is 3.16. The molecule has 0 spiro atoms. The SMILES string of the molecule is Cc1nc(Oc2ccc(NC(=O)c3ccc(C(C)(C)C)cc3)cc2)cc(-n2ccnc2)n1. The maximum absolute atomic E-state index is 12.6. The van der Waals surface area contributed by atoms with Gasteiger partial charge in [0, 0.05) is 29.7 Å². The Hall–Kier alpha value is -4.00. The lowest BCUT2D eigenvalue weighted by molar-refractivity contribution is 0.102. The van der Waals surface area contributed by atoms with E-state index in [0.29, 0.717) is 34.5 Å². The molecule has 0 bridgehead atoms. The van der Waals surface area contributed by atoms with Crippen molar-refractivity contribution in [1.82, 2.24) is 19.5 Å². The number of carbonyl (C=O) groups is 1. The van der Waals surface area contributed by atoms with Crippen LogP contribution < -0.4 is 10.1 Å². The van der Waals surface area contributed by atoms with Crippen molar-refractivity contribution in [3.63, 3.8) is 0 Å². The van der Waals surface area contributed by atoms with Gasteiger partial charge in [-0.2, -0.15) is 4.98 Å². The van der Waals surface area contributed by atoms with Crippen LogP contribution in [0.5, 0.6) is 11.6 Å². The van der Waals surface area contributed by atoms with Gasteiger partial charge in [0.05, 0.1) is 0 Å². The van der Waals surface area contributed by atoms with Gasteiger partial charge >= 0.3 is 0 Å². The van der Waals surface area contributed by atoms with Crippen molar-refractivity contribution in [2.45, 2.75) is 33.1 Å². The van der Waals surface area contributed by atoms with Crippen molar-refractivity contribution in [2.75, 3.05) is 5.32 Å². The monoisotopic (exact) mass is 427 g/mol. The molecular weight excluding hydrogens is 402 g/mol. The lowest BCUT2D eigenvalue weighted by atomic mass is 9.87. The van der Waals surface area contributed by atoms with Gasteiger partial charge in [-0.3, -0.25) is 9.36 Å². The molecule has 0 atom stereocenters. The van der Waals surface area contributed by atoms with Gasteiger partial charge < -0.3 is 10.1 Å². The third-order valence-corrected chi connectivity index (χ3v) is 4.92. The van der Waals surface area contributed by atoms with E-state index in [-0.39, 0.29) is 11.3 Å². The summed E-state index contributed by atoms with van der Waals surface area (Å²) in [4.78, 5) is 25.3. The summed E-state index contributed by atoms with van der Waals surface area (Å²) in [6.07, 6.45) is 5.16. The number of hydrogen-bond donors (Lipinski definition) is 1. The van der Waals surface area contributed by atoms with Gasteiger partial charge in [0.15, 0.2) is 0 Å². The molecule has 0 radical (unpaired) electrons. The van der Waals surface area contributed by atoms with Gasteiger partial charge in [-0.15, -0.1) is 0 Å². The number of benzene rings is 2. The van der Waals surface area contributed by atoms with Crippen LogP contribution in [0.3, 0.4) is 0 Å². The third kappa shape index (κ3) is 5.00. The van der Waals surface area contributed by atoms with Gasteiger partial charge in [-0.1, -0.05) is 32.9 Å². The Bertz CT molecular complexity index is 1210. The summed E-state index contributed by atoms with van der Waals surface area (Å²) in [6.45, 7) is 8.24. The Kier molecular flexibility index (Phi) is 5.73. The summed E-state index contributed by atoms with van der Waals surface area (Å²) in [5, 5.41) is 2.91. The Balaban J connectivity index is 1.43. The van der Waals surface area contributed by atoms with Crippen LogP contribution in [-0.4, -0.2) is 25.4 Å². The second-order valence-electron chi connectivity index (χ2n) is 8.49. The van der Waals surface area contributed by atoms with Gasteiger partial charge in [-0.05, 0) is 54.3 Å². The van der Waals surface area contributed by atoms with Crippen LogP contribution in [0.1, 0.15) is 42.5 Å². The summed E-state index contributed by atoms with van der Waals surface area (Å²) in [6, 6.07) is 16.6. The first kappa shape index (κ1) is 21.2. The van der Waals surface area contributed by atoms with Gasteiger partial charge in [0.2, 0.25) is 5.88 Å². The van der Waals surface area contributed by atoms with Gasteiger partial charge in [0.25, 0.3) is 5.91 Å². The number of ether oxygens (including phenoxy) is 1. The van der Waals surface area contributed by atoms with Crippen LogP contribution in [0.4, 0.5) is 5.69 Å². The van der Waals surface area contributed by atoms with Crippen LogP contribution >= 0.6 is 0 Å². The van der Waals surface area contributed by atoms with Crippen LogP contribution in [0, 0.1) is 6.92 Å². The molecule has 0 aliphatic rings. The first-order chi connectivity index (χ1) is 15.3. The molecule has 1 N–H and O–H groups in total. The number of hydrogen-bond acceptors (Lipinski definition) is 5. The van der Waals surface area contributed by atoms with E-state index in [1.54, 1.807) is 60.5 Å². The molecule has 0 unspecified atom stereocenters. The van der Waals surface area contributed by atoms with E-state index in [1.807, 2.05) is 24.3 Å². The molecule has 7 heteroatoms. The van der Waals surface area contributed by atoms with E-state index in [0.717, 1.165) is 0 Å². The number of amides is 1. The van der Waals surface area contributed by atoms with Crippen molar-refractivity contribution in [1.29, 1.82) is 0 Å². The molecule has 2 aromatic heterocycles. The molecule has 4 rings (SSSR count). The Morgan fingerprint density at radius 1 is 1.00 bits per heavy atom. The highest BCUT2D eigenvalue weighted by Gasteiger charge is 2.14. The number of aromatic nitrogens is 4. The maximum Gasteiger partial charge on any atom is 0.255 e. The average molecular weight is 428 g/mol. The average Bonchev–Trinajstić information content (AvgIpc) is 3.29. The largest absolute Gasteiger partial charge is 0.439 e. The number of carbonyl (C=O) groups excluding carboxylic acids is 1. The van der Waals surface area contributed by atoms with E-state index >= 15 is 0 Å². The Labute approximate surface area is 187 Å². The van der Waals surface area contributed by atoms with Crippen molar-refractivity contribution in [3.8, 4) is 17.4 Å². The summed E-state index contributed by atoms with van der Waals surface area (Å²) >= 11 is 0. The van der Waals surface area contributed by atoms with Crippen LogP contribution in [0.15, 0.2) is 73.3 Å². The first-order valence-corrected chi connectivity index (χ1v) is 10.3. The zero-order valence-corrected chi connectivity index (χ0v) is 18.5. The van der Waals surface area contributed by atoms with E-state index in [9.17, 15) is 4.79 Å². The standard InChI is InChI=1S/C25H25N5O2/c1-17-27-22(30-14-13-26-16-30)15-23(28-17)32-21-11-9-20(10-12-21)29-24(31)18-5-7-19(8-6-18)25(2,3)4/h5-16H,1-4H3,(H,29,31). The predicted molar refractivity (Wildman–Crippen MR) is 124 cm³/mol. The van der Waals surface area contributed by atoms with Crippen molar-refractivity contribution < 1.29 is 9.53 Å². The zero-order chi connectivity index (χ0) is 22.7. The number of imidazole rings is 1. The highest BCUT2D eigenvalue weighted by Crippen LogP contribution is 2.24. The first-order valence-electron chi connectivity index (χ1n) is 10.3. The van der Waals surface area contributed by atoms with Crippen molar-refractivity contribution >= 4 is 11.6 Å². The molecule has 0 aliphatic carbocycles. The molecule has 0 saturated heterocycles. The highest BCUT2D eigenvalue weighted by atomic mass is 16.5. The second kappa shape index (κ2) is 8.63. The minimum Gasteiger partial charge on any atom is -0.439 e. The number of rotatable bonds is 5. The van der Waals surface area contributed by atoms with Crippen molar-refractivity contribution in [2.24, 2.45) is 0 Å². The van der Waals surface area contributed by atoms with E-state index in [4.69, 9.17) is 4.74 Å². The second-order valence-corrected chi connectivity index (χ2v) is 8.49. The fraction of sp³-hybridized carbons (Fsp3) is 0.200. The molecule has 162 valence electrons. The minimum absolute atomic E-state index is 0.0482. The number of nitrogens with zero attached hydrogens (tertiary/aromatic N) is 4. The smallest absolute Gasteiger partial charge is 0.255 e. The molecule has 2 aromatic carbocycles. The lowest BCUT2D eigenvalue weighted by Crippen LogP contribution is -2.14. The zero-order valence-electron chi connectivity index (χ0n) is 18.5.